The summed E-state index contributed by atoms with van der Waals surface area (Å²) >= 11 is 0. The summed E-state index contributed by atoms with van der Waals surface area (Å²) in [6.45, 7) is 3.05. The SMILES string of the molecule is CNCNC1C(C)N1NC. The third-order valence-electron chi connectivity index (χ3n) is 1.85. The maximum atomic E-state index is 3.31. The Kier molecular flexibility index (Phi) is 2.62. The van der Waals surface area contributed by atoms with Crippen LogP contribution < -0.4 is 16.1 Å². The standard InChI is InChI=1S/C6H16N4/c1-5-6(9-4-7-2)10(5)8-3/h5-9H,4H2,1-3H3. The van der Waals surface area contributed by atoms with Crippen LogP contribution in [0.15, 0.2) is 0 Å². The Hall–Kier alpha value is -0.160. The molecule has 1 fully saturated rings. The fourth-order valence-corrected chi connectivity index (χ4v) is 1.17. The molecule has 3 N–H and O–H groups in total. The monoisotopic (exact) mass is 144 g/mol. The Labute approximate surface area is 61.9 Å². The summed E-state index contributed by atoms with van der Waals surface area (Å²) in [7, 11) is 3.88. The summed E-state index contributed by atoms with van der Waals surface area (Å²) in [5.74, 6) is 0. The van der Waals surface area contributed by atoms with E-state index in [1.165, 1.54) is 0 Å². The van der Waals surface area contributed by atoms with E-state index in [0.717, 1.165) is 6.67 Å². The lowest BCUT2D eigenvalue weighted by Crippen LogP contribution is -2.33. The molecule has 0 radical (unpaired) electrons. The third kappa shape index (κ3) is 1.46. The Morgan fingerprint density at radius 2 is 2.10 bits per heavy atom. The zero-order valence-electron chi connectivity index (χ0n) is 6.81. The molecule has 4 heteroatoms. The first-order chi connectivity index (χ1) is 4.81. The van der Waals surface area contributed by atoms with Crippen LogP contribution in [0.5, 0.6) is 0 Å². The first-order valence-electron chi connectivity index (χ1n) is 3.65. The summed E-state index contributed by atoms with van der Waals surface area (Å²) in [6, 6.07) is 0.623. The quantitative estimate of drug-likeness (QED) is 0.346. The van der Waals surface area contributed by atoms with Crippen molar-refractivity contribution in [3.63, 3.8) is 0 Å². The normalized spacial score (nSPS) is 38.1. The molecule has 0 aromatic carbocycles. The van der Waals surface area contributed by atoms with Gasteiger partial charge < -0.3 is 5.32 Å². The largest absolute Gasteiger partial charge is 0.308 e. The second kappa shape index (κ2) is 3.30. The molecule has 3 unspecified atom stereocenters. The van der Waals surface area contributed by atoms with Crippen LogP contribution in [0.2, 0.25) is 0 Å². The van der Waals surface area contributed by atoms with Crippen LogP contribution >= 0.6 is 0 Å². The predicted molar refractivity (Wildman–Crippen MR) is 41.2 cm³/mol. The lowest BCUT2D eigenvalue weighted by molar-refractivity contribution is 0.369. The van der Waals surface area contributed by atoms with Crippen molar-refractivity contribution >= 4 is 0 Å². The van der Waals surface area contributed by atoms with E-state index in [1.54, 1.807) is 0 Å². The molecule has 0 aliphatic carbocycles. The van der Waals surface area contributed by atoms with Crippen molar-refractivity contribution in [3.05, 3.63) is 0 Å². The Morgan fingerprint density at radius 1 is 1.40 bits per heavy atom. The van der Waals surface area contributed by atoms with Gasteiger partial charge in [0.1, 0.15) is 0 Å². The molecule has 10 heavy (non-hydrogen) atoms. The van der Waals surface area contributed by atoms with Gasteiger partial charge in [-0.1, -0.05) is 0 Å². The number of nitrogens with one attached hydrogen (secondary N) is 3. The zero-order chi connectivity index (χ0) is 7.56. The zero-order valence-corrected chi connectivity index (χ0v) is 6.81. The third-order valence-corrected chi connectivity index (χ3v) is 1.85. The van der Waals surface area contributed by atoms with Gasteiger partial charge in [-0.25, -0.2) is 5.01 Å². The topological polar surface area (TPSA) is 39.1 Å². The number of hydrazine groups is 1. The van der Waals surface area contributed by atoms with Gasteiger partial charge in [0.25, 0.3) is 0 Å². The highest BCUT2D eigenvalue weighted by Gasteiger charge is 2.42. The van der Waals surface area contributed by atoms with E-state index in [9.17, 15) is 0 Å². The average Bonchev–Trinajstić information content (AvgIpc) is 2.56. The van der Waals surface area contributed by atoms with Crippen molar-refractivity contribution in [2.75, 3.05) is 20.8 Å². The highest BCUT2D eigenvalue weighted by Crippen LogP contribution is 2.20. The Balaban J connectivity index is 2.09. The maximum Gasteiger partial charge on any atom is 0.0916 e. The van der Waals surface area contributed by atoms with E-state index in [4.69, 9.17) is 0 Å². The molecule has 0 aromatic heterocycles. The van der Waals surface area contributed by atoms with Crippen LogP contribution in [0.4, 0.5) is 0 Å². The van der Waals surface area contributed by atoms with Crippen LogP contribution in [0.25, 0.3) is 0 Å². The van der Waals surface area contributed by atoms with E-state index in [1.807, 2.05) is 14.1 Å². The van der Waals surface area contributed by atoms with Gasteiger partial charge in [-0.15, -0.1) is 0 Å². The molecule has 60 valence electrons. The molecular formula is C6H16N4. The summed E-state index contributed by atoms with van der Waals surface area (Å²) in [5, 5.41) is 8.51. The molecule has 0 aromatic rings. The fraction of sp³-hybridized carbons (Fsp3) is 1.00. The average molecular weight is 144 g/mol. The smallest absolute Gasteiger partial charge is 0.0916 e. The van der Waals surface area contributed by atoms with Gasteiger partial charge in [0.05, 0.1) is 12.2 Å². The molecule has 1 aliphatic heterocycles. The summed E-state index contributed by atoms with van der Waals surface area (Å²) in [4.78, 5) is 0. The molecule has 1 heterocycles. The molecule has 0 bridgehead atoms. The molecule has 0 spiro atoms. The molecule has 3 atom stereocenters. The van der Waals surface area contributed by atoms with Crippen molar-refractivity contribution in [2.24, 2.45) is 0 Å². The minimum absolute atomic E-state index is 0.512. The summed E-state index contributed by atoms with van der Waals surface area (Å²) in [6.07, 6.45) is 0.512. The van der Waals surface area contributed by atoms with Crippen LogP contribution in [-0.2, 0) is 0 Å². The van der Waals surface area contributed by atoms with Crippen LogP contribution in [0.3, 0.4) is 0 Å². The molecule has 1 aliphatic rings. The number of nitrogens with zero attached hydrogens (tertiary/aromatic N) is 1. The number of hydrogen-bond acceptors (Lipinski definition) is 4. The maximum absolute atomic E-state index is 3.31. The van der Waals surface area contributed by atoms with Gasteiger partial charge in [0, 0.05) is 6.67 Å². The lowest BCUT2D eigenvalue weighted by atomic mass is 10.5. The minimum atomic E-state index is 0.512. The van der Waals surface area contributed by atoms with Crippen molar-refractivity contribution in [1.29, 1.82) is 0 Å². The minimum Gasteiger partial charge on any atom is -0.308 e. The Bertz CT molecular complexity index is 106. The first kappa shape index (κ1) is 7.94. The van der Waals surface area contributed by atoms with Gasteiger partial charge in [-0.05, 0) is 21.0 Å². The molecule has 0 amide bonds. The number of hydrogen-bond donors (Lipinski definition) is 3. The van der Waals surface area contributed by atoms with Gasteiger partial charge in [-0.2, -0.15) is 0 Å². The van der Waals surface area contributed by atoms with Gasteiger partial charge >= 0.3 is 0 Å². The second-order valence-electron chi connectivity index (χ2n) is 2.55. The van der Waals surface area contributed by atoms with E-state index in [-0.39, 0.29) is 0 Å². The molecular weight excluding hydrogens is 128 g/mol. The van der Waals surface area contributed by atoms with Crippen molar-refractivity contribution in [1.82, 2.24) is 21.1 Å². The Morgan fingerprint density at radius 3 is 2.50 bits per heavy atom. The predicted octanol–water partition coefficient (Wildman–Crippen LogP) is -1.08. The highest BCUT2D eigenvalue weighted by atomic mass is 15.7. The van der Waals surface area contributed by atoms with E-state index < -0.39 is 0 Å². The molecule has 1 rings (SSSR count). The van der Waals surface area contributed by atoms with Gasteiger partial charge in [0.15, 0.2) is 0 Å². The van der Waals surface area contributed by atoms with E-state index >= 15 is 0 Å². The lowest BCUT2D eigenvalue weighted by Gasteiger charge is -2.01. The molecule has 0 saturated carbocycles. The van der Waals surface area contributed by atoms with E-state index in [2.05, 4.69) is 28.0 Å². The number of rotatable bonds is 4. The van der Waals surface area contributed by atoms with Crippen LogP contribution in [-0.4, -0.2) is 38.0 Å². The van der Waals surface area contributed by atoms with Crippen LogP contribution in [0.1, 0.15) is 6.92 Å². The highest BCUT2D eigenvalue weighted by molar-refractivity contribution is 4.93. The summed E-state index contributed by atoms with van der Waals surface area (Å²) in [5.41, 5.74) is 3.09. The van der Waals surface area contributed by atoms with Crippen molar-refractivity contribution in [2.45, 2.75) is 19.1 Å². The molecule has 1 saturated heterocycles. The van der Waals surface area contributed by atoms with Gasteiger partial charge in [0.2, 0.25) is 0 Å². The van der Waals surface area contributed by atoms with Gasteiger partial charge in [-0.3, -0.25) is 10.7 Å². The first-order valence-corrected chi connectivity index (χ1v) is 3.65. The second-order valence-corrected chi connectivity index (χ2v) is 2.55. The van der Waals surface area contributed by atoms with E-state index in [0.29, 0.717) is 12.2 Å². The van der Waals surface area contributed by atoms with Crippen LogP contribution in [0, 0.1) is 0 Å². The summed E-state index contributed by atoms with van der Waals surface area (Å²) < 4.78 is 0. The van der Waals surface area contributed by atoms with Crippen molar-refractivity contribution < 1.29 is 0 Å². The molecule has 4 nitrogen and oxygen atoms in total. The fourth-order valence-electron chi connectivity index (χ4n) is 1.17. The van der Waals surface area contributed by atoms with Crippen molar-refractivity contribution in [3.8, 4) is 0 Å².